The van der Waals surface area contributed by atoms with E-state index in [0.717, 1.165) is 47.0 Å². The molecule has 4 nitrogen and oxygen atoms in total. The lowest BCUT2D eigenvalue weighted by molar-refractivity contribution is -0.0366. The van der Waals surface area contributed by atoms with Gasteiger partial charge >= 0.3 is 0 Å². The lowest BCUT2D eigenvalue weighted by Gasteiger charge is -2.23. The summed E-state index contributed by atoms with van der Waals surface area (Å²) in [7, 11) is -1.05. The average molecular weight is 437 g/mol. The van der Waals surface area contributed by atoms with E-state index in [1.165, 1.54) is 18.0 Å². The van der Waals surface area contributed by atoms with Crippen LogP contribution in [0.2, 0.25) is 25.7 Å². The Hall–Kier alpha value is -1.11. The fourth-order valence-electron chi connectivity index (χ4n) is 3.19. The summed E-state index contributed by atoms with van der Waals surface area (Å²) in [5.74, 6) is 0. The number of aromatic nitrogens is 2. The first-order valence-corrected chi connectivity index (χ1v) is 13.9. The molecule has 0 N–H and O–H groups in total. The Bertz CT molecular complexity index is 789. The molecule has 26 heavy (non-hydrogen) atoms. The molecular formula is C20H29BrN2O2Si. The minimum absolute atomic E-state index is 0.0545. The van der Waals surface area contributed by atoms with Crippen molar-refractivity contribution in [3.05, 3.63) is 34.1 Å². The number of hydrogen-bond donors (Lipinski definition) is 0. The number of nitrogens with zero attached hydrogens (tertiary/aromatic N) is 2. The van der Waals surface area contributed by atoms with Crippen LogP contribution in [0.25, 0.3) is 17.0 Å². The van der Waals surface area contributed by atoms with E-state index < -0.39 is 8.07 Å². The van der Waals surface area contributed by atoms with E-state index >= 15 is 0 Å². The first-order valence-electron chi connectivity index (χ1n) is 9.43. The molecule has 0 amide bonds. The van der Waals surface area contributed by atoms with E-state index in [-0.39, 0.29) is 6.23 Å². The van der Waals surface area contributed by atoms with E-state index in [1.807, 2.05) is 17.1 Å². The van der Waals surface area contributed by atoms with Gasteiger partial charge in [0.15, 0.2) is 6.23 Å². The largest absolute Gasteiger partial charge is 0.501 e. The average Bonchev–Trinajstić information content (AvgIpc) is 3.01. The van der Waals surface area contributed by atoms with Crippen molar-refractivity contribution in [2.45, 2.75) is 58.1 Å². The molecule has 1 aromatic heterocycles. The van der Waals surface area contributed by atoms with Crippen LogP contribution in [-0.2, 0) is 9.47 Å². The number of rotatable bonds is 6. The van der Waals surface area contributed by atoms with Gasteiger partial charge in [0, 0.05) is 24.5 Å². The molecule has 0 saturated carbocycles. The van der Waals surface area contributed by atoms with E-state index in [1.54, 1.807) is 0 Å². The number of fused-ring (bicyclic) bond motifs is 1. The minimum atomic E-state index is -1.05. The predicted molar refractivity (Wildman–Crippen MR) is 114 cm³/mol. The lowest BCUT2D eigenvalue weighted by atomic mass is 10.1. The molecule has 2 aromatic rings. The molecule has 0 bridgehead atoms. The quantitative estimate of drug-likeness (QED) is 0.310. The molecule has 1 fully saturated rings. The van der Waals surface area contributed by atoms with Gasteiger partial charge in [-0.3, -0.25) is 0 Å². The summed E-state index contributed by atoms with van der Waals surface area (Å²) in [5, 5.41) is 5.73. The monoisotopic (exact) mass is 436 g/mol. The van der Waals surface area contributed by atoms with Gasteiger partial charge in [-0.05, 0) is 71.4 Å². The Morgan fingerprint density at radius 1 is 1.38 bits per heavy atom. The Labute approximate surface area is 165 Å². The molecule has 0 radical (unpaired) electrons. The Kier molecular flexibility index (Phi) is 6.25. The highest BCUT2D eigenvalue weighted by atomic mass is 79.9. The van der Waals surface area contributed by atoms with E-state index in [4.69, 9.17) is 9.47 Å². The van der Waals surface area contributed by atoms with Crippen molar-refractivity contribution in [2.75, 3.05) is 13.2 Å². The van der Waals surface area contributed by atoms with E-state index in [2.05, 4.69) is 59.7 Å². The highest BCUT2D eigenvalue weighted by molar-refractivity contribution is 9.10. The molecule has 1 unspecified atom stereocenters. The molecule has 0 aliphatic carbocycles. The minimum Gasteiger partial charge on any atom is -0.501 e. The topological polar surface area (TPSA) is 36.3 Å². The van der Waals surface area contributed by atoms with Gasteiger partial charge in [0.25, 0.3) is 0 Å². The fraction of sp³-hybridized carbons (Fsp3) is 0.550. The molecule has 2 heterocycles. The SMILES string of the molecule is Cc1cc2c(cnn2C2CCCCO2)c(Br)c1/C=C/OCC[Si](C)(C)C. The predicted octanol–water partition coefficient (Wildman–Crippen LogP) is 6.13. The summed E-state index contributed by atoms with van der Waals surface area (Å²) in [6.07, 6.45) is 9.23. The van der Waals surface area contributed by atoms with Crippen molar-refractivity contribution in [1.29, 1.82) is 0 Å². The summed E-state index contributed by atoms with van der Waals surface area (Å²) >= 11 is 3.78. The maximum atomic E-state index is 5.91. The second-order valence-corrected chi connectivity index (χ2v) is 14.7. The lowest BCUT2D eigenvalue weighted by Crippen LogP contribution is -2.20. The molecule has 1 atom stereocenters. The summed E-state index contributed by atoms with van der Waals surface area (Å²) in [4.78, 5) is 0. The van der Waals surface area contributed by atoms with Gasteiger partial charge in [0.1, 0.15) is 0 Å². The fourth-order valence-corrected chi connectivity index (χ4v) is 4.67. The molecule has 3 rings (SSSR count). The second kappa shape index (κ2) is 8.27. The van der Waals surface area contributed by atoms with Crippen LogP contribution in [0.5, 0.6) is 0 Å². The molecule has 1 aromatic carbocycles. The first kappa shape index (κ1) is 19.6. The first-order chi connectivity index (χ1) is 12.4. The number of halogens is 1. The smallest absolute Gasteiger partial charge is 0.150 e. The summed E-state index contributed by atoms with van der Waals surface area (Å²) in [6, 6.07) is 3.37. The van der Waals surface area contributed by atoms with Crippen LogP contribution in [0.15, 0.2) is 23.0 Å². The molecular weight excluding hydrogens is 408 g/mol. The maximum Gasteiger partial charge on any atom is 0.150 e. The third-order valence-electron chi connectivity index (χ3n) is 4.81. The van der Waals surface area contributed by atoms with Crippen molar-refractivity contribution < 1.29 is 9.47 Å². The third-order valence-corrected chi connectivity index (χ3v) is 7.37. The normalized spacial score (nSPS) is 18.7. The van der Waals surface area contributed by atoms with Gasteiger partial charge in [-0.1, -0.05) is 19.6 Å². The van der Waals surface area contributed by atoms with E-state index in [0.29, 0.717) is 0 Å². The molecule has 1 saturated heterocycles. The number of hydrogen-bond acceptors (Lipinski definition) is 3. The van der Waals surface area contributed by atoms with Crippen LogP contribution in [0.4, 0.5) is 0 Å². The Morgan fingerprint density at radius 3 is 2.88 bits per heavy atom. The molecule has 6 heteroatoms. The number of aryl methyl sites for hydroxylation is 1. The van der Waals surface area contributed by atoms with Crippen LogP contribution in [0.3, 0.4) is 0 Å². The van der Waals surface area contributed by atoms with Crippen molar-refractivity contribution in [1.82, 2.24) is 9.78 Å². The van der Waals surface area contributed by atoms with Crippen molar-refractivity contribution in [3.8, 4) is 0 Å². The van der Waals surface area contributed by atoms with Gasteiger partial charge < -0.3 is 9.47 Å². The number of ether oxygens (including phenoxy) is 2. The van der Waals surface area contributed by atoms with Crippen molar-refractivity contribution >= 4 is 41.0 Å². The number of benzene rings is 1. The molecule has 1 aliphatic heterocycles. The third kappa shape index (κ3) is 4.59. The summed E-state index contributed by atoms with van der Waals surface area (Å²) in [6.45, 7) is 10.8. The molecule has 1 aliphatic rings. The standard InChI is InChI=1S/C20H29BrN2O2Si/c1-15-13-18-17(14-22-23(18)19-7-5-6-9-25-19)20(21)16(15)8-10-24-11-12-26(2,3)4/h8,10,13-14,19H,5-7,9,11-12H2,1-4H3/b10-8+. The maximum absolute atomic E-state index is 5.91. The highest BCUT2D eigenvalue weighted by Crippen LogP contribution is 2.34. The van der Waals surface area contributed by atoms with Gasteiger partial charge in [-0.15, -0.1) is 0 Å². The van der Waals surface area contributed by atoms with Crippen LogP contribution in [0.1, 0.15) is 36.6 Å². The zero-order valence-electron chi connectivity index (χ0n) is 16.2. The van der Waals surface area contributed by atoms with E-state index in [9.17, 15) is 0 Å². The highest BCUT2D eigenvalue weighted by Gasteiger charge is 2.20. The zero-order valence-corrected chi connectivity index (χ0v) is 18.8. The molecule has 0 spiro atoms. The van der Waals surface area contributed by atoms with Crippen LogP contribution in [0, 0.1) is 6.92 Å². The van der Waals surface area contributed by atoms with Gasteiger partial charge in [0.05, 0.1) is 24.6 Å². The van der Waals surface area contributed by atoms with Crippen LogP contribution in [-0.4, -0.2) is 31.1 Å². The van der Waals surface area contributed by atoms with Gasteiger partial charge in [-0.2, -0.15) is 5.10 Å². The van der Waals surface area contributed by atoms with Crippen molar-refractivity contribution in [3.63, 3.8) is 0 Å². The Morgan fingerprint density at radius 2 is 2.19 bits per heavy atom. The van der Waals surface area contributed by atoms with Crippen LogP contribution >= 0.6 is 15.9 Å². The summed E-state index contributed by atoms with van der Waals surface area (Å²) in [5.41, 5.74) is 3.47. The Balaban J connectivity index is 1.80. The van der Waals surface area contributed by atoms with Gasteiger partial charge in [0.2, 0.25) is 0 Å². The van der Waals surface area contributed by atoms with Crippen molar-refractivity contribution in [2.24, 2.45) is 0 Å². The second-order valence-electron chi connectivity index (χ2n) is 8.25. The zero-order chi connectivity index (χ0) is 18.7. The van der Waals surface area contributed by atoms with Gasteiger partial charge in [-0.25, -0.2) is 4.68 Å². The molecule has 142 valence electrons. The summed E-state index contributed by atoms with van der Waals surface area (Å²) < 4.78 is 14.7. The van der Waals surface area contributed by atoms with Crippen LogP contribution < -0.4 is 0 Å².